The fourth-order valence-corrected chi connectivity index (χ4v) is 5.16. The fourth-order valence-electron chi connectivity index (χ4n) is 5.16. The van der Waals surface area contributed by atoms with Gasteiger partial charge in [-0.05, 0) is 44.4 Å². The van der Waals surface area contributed by atoms with Crippen LogP contribution >= 0.6 is 0 Å². The van der Waals surface area contributed by atoms with Crippen molar-refractivity contribution in [1.82, 2.24) is 0 Å². The summed E-state index contributed by atoms with van der Waals surface area (Å²) < 4.78 is 6.31. The number of esters is 1. The Labute approximate surface area is 215 Å². The lowest BCUT2D eigenvalue weighted by Gasteiger charge is -2.24. The van der Waals surface area contributed by atoms with Gasteiger partial charge in [-0.25, -0.2) is 0 Å². The molecule has 204 valence electrons. The third kappa shape index (κ3) is 19.7. The molecule has 0 aliphatic carbocycles. The van der Waals surface area contributed by atoms with E-state index in [2.05, 4.69) is 34.6 Å². The SMILES string of the molecule is CCCCCCCCC(CCCCCC)C(=O)OC(CCCCCC)CCC(CC)CCCC. The van der Waals surface area contributed by atoms with Gasteiger partial charge in [0.15, 0.2) is 0 Å². The van der Waals surface area contributed by atoms with Crippen LogP contribution in [0, 0.1) is 11.8 Å². The molecule has 0 fully saturated rings. The summed E-state index contributed by atoms with van der Waals surface area (Å²) in [5.74, 6) is 1.06. The first kappa shape index (κ1) is 33.5. The van der Waals surface area contributed by atoms with Gasteiger partial charge >= 0.3 is 5.97 Å². The van der Waals surface area contributed by atoms with Gasteiger partial charge in [0.2, 0.25) is 0 Å². The second kappa shape index (κ2) is 25.6. The van der Waals surface area contributed by atoms with Crippen LogP contribution < -0.4 is 0 Å². The Bertz CT molecular complexity index is 419. The van der Waals surface area contributed by atoms with Gasteiger partial charge in [-0.15, -0.1) is 0 Å². The molecule has 0 N–H and O–H groups in total. The van der Waals surface area contributed by atoms with Gasteiger partial charge in [0.25, 0.3) is 0 Å². The summed E-state index contributed by atoms with van der Waals surface area (Å²) >= 11 is 0. The highest BCUT2D eigenvalue weighted by Gasteiger charge is 2.23. The first-order chi connectivity index (χ1) is 16.6. The lowest BCUT2D eigenvalue weighted by Crippen LogP contribution is -2.25. The Kier molecular flexibility index (Phi) is 25.2. The Morgan fingerprint density at radius 3 is 1.50 bits per heavy atom. The average Bonchev–Trinajstić information content (AvgIpc) is 2.84. The van der Waals surface area contributed by atoms with Crippen molar-refractivity contribution in [2.24, 2.45) is 11.8 Å². The maximum Gasteiger partial charge on any atom is 0.309 e. The summed E-state index contributed by atoms with van der Waals surface area (Å²) in [4.78, 5) is 13.3. The number of carbonyl (C=O) groups excluding carboxylic acids is 1. The van der Waals surface area contributed by atoms with Crippen molar-refractivity contribution in [2.45, 2.75) is 188 Å². The molecule has 0 rings (SSSR count). The monoisotopic (exact) mass is 480 g/mol. The number of ether oxygens (including phenoxy) is 1. The molecule has 3 atom stereocenters. The zero-order valence-electron chi connectivity index (χ0n) is 24.3. The van der Waals surface area contributed by atoms with E-state index in [4.69, 9.17) is 4.74 Å². The third-order valence-electron chi connectivity index (χ3n) is 7.75. The van der Waals surface area contributed by atoms with Gasteiger partial charge < -0.3 is 4.74 Å². The Hall–Kier alpha value is -0.530. The van der Waals surface area contributed by atoms with Crippen LogP contribution in [0.2, 0.25) is 0 Å². The van der Waals surface area contributed by atoms with Gasteiger partial charge in [-0.1, -0.05) is 144 Å². The standard InChI is InChI=1S/C32H64O2/c1-6-11-15-18-19-21-25-30(24-20-16-12-7-2)32(33)34-31(26-22-17-13-8-3)28-27-29(10-5)23-14-9-4/h29-31H,6-28H2,1-5H3. The topological polar surface area (TPSA) is 26.3 Å². The van der Waals surface area contributed by atoms with Gasteiger partial charge in [-0.3, -0.25) is 4.79 Å². The predicted molar refractivity (Wildman–Crippen MR) is 151 cm³/mol. The first-order valence-electron chi connectivity index (χ1n) is 15.8. The molecule has 2 heteroatoms. The van der Waals surface area contributed by atoms with Crippen molar-refractivity contribution in [3.05, 3.63) is 0 Å². The summed E-state index contributed by atoms with van der Waals surface area (Å²) in [6, 6.07) is 0. The summed E-state index contributed by atoms with van der Waals surface area (Å²) in [6.07, 6.45) is 28.6. The predicted octanol–water partition coefficient (Wildman–Crippen LogP) is 11.2. The number of carbonyl (C=O) groups is 1. The highest BCUT2D eigenvalue weighted by Crippen LogP contribution is 2.26. The fraction of sp³-hybridized carbons (Fsp3) is 0.969. The van der Waals surface area contributed by atoms with E-state index in [1.807, 2.05) is 0 Å². The first-order valence-corrected chi connectivity index (χ1v) is 15.8. The van der Waals surface area contributed by atoms with Crippen molar-refractivity contribution >= 4 is 5.97 Å². The molecular formula is C32H64O2. The Balaban J connectivity index is 4.85. The molecule has 34 heavy (non-hydrogen) atoms. The van der Waals surface area contributed by atoms with Crippen LogP contribution in [0.4, 0.5) is 0 Å². The average molecular weight is 481 g/mol. The molecule has 2 nitrogen and oxygen atoms in total. The minimum Gasteiger partial charge on any atom is -0.462 e. The molecule has 0 bridgehead atoms. The van der Waals surface area contributed by atoms with Crippen LogP contribution in [0.3, 0.4) is 0 Å². The van der Waals surface area contributed by atoms with E-state index in [1.54, 1.807) is 0 Å². The highest BCUT2D eigenvalue weighted by molar-refractivity contribution is 5.72. The molecule has 0 aliphatic heterocycles. The van der Waals surface area contributed by atoms with Crippen molar-refractivity contribution in [2.75, 3.05) is 0 Å². The molecule has 0 amide bonds. The molecule has 0 aromatic heterocycles. The molecule has 0 aromatic rings. The lowest BCUT2D eigenvalue weighted by molar-refractivity contribution is -0.155. The number of hydrogen-bond donors (Lipinski definition) is 0. The van der Waals surface area contributed by atoms with E-state index in [0.717, 1.165) is 31.6 Å². The number of rotatable bonds is 26. The van der Waals surface area contributed by atoms with Gasteiger partial charge in [0, 0.05) is 0 Å². The van der Waals surface area contributed by atoms with Crippen LogP contribution in [0.25, 0.3) is 0 Å². The maximum atomic E-state index is 13.3. The minimum atomic E-state index is 0.128. The van der Waals surface area contributed by atoms with Gasteiger partial charge in [0.05, 0.1) is 5.92 Å². The number of unbranched alkanes of at least 4 members (excludes halogenated alkanes) is 12. The molecular weight excluding hydrogens is 416 g/mol. The molecule has 0 aromatic carbocycles. The van der Waals surface area contributed by atoms with Crippen molar-refractivity contribution in [1.29, 1.82) is 0 Å². The van der Waals surface area contributed by atoms with E-state index in [0.29, 0.717) is 0 Å². The van der Waals surface area contributed by atoms with E-state index in [1.165, 1.54) is 122 Å². The summed E-state index contributed by atoms with van der Waals surface area (Å²) in [5.41, 5.74) is 0. The molecule has 0 saturated carbocycles. The normalized spacial score (nSPS) is 14.1. The second-order valence-corrected chi connectivity index (χ2v) is 11.0. The molecule has 3 unspecified atom stereocenters. The largest absolute Gasteiger partial charge is 0.462 e. The summed E-state index contributed by atoms with van der Waals surface area (Å²) in [6.45, 7) is 11.4. The van der Waals surface area contributed by atoms with Gasteiger partial charge in [0.1, 0.15) is 6.10 Å². The Morgan fingerprint density at radius 1 is 0.500 bits per heavy atom. The Morgan fingerprint density at radius 2 is 0.971 bits per heavy atom. The maximum absolute atomic E-state index is 13.3. The van der Waals surface area contributed by atoms with Crippen molar-refractivity contribution in [3.63, 3.8) is 0 Å². The quantitative estimate of drug-likeness (QED) is 0.0908. The van der Waals surface area contributed by atoms with Crippen LogP contribution in [-0.4, -0.2) is 12.1 Å². The van der Waals surface area contributed by atoms with E-state index in [9.17, 15) is 4.79 Å². The van der Waals surface area contributed by atoms with Crippen molar-refractivity contribution < 1.29 is 9.53 Å². The molecule has 0 saturated heterocycles. The molecule has 0 radical (unpaired) electrons. The zero-order chi connectivity index (χ0) is 25.3. The lowest BCUT2D eigenvalue weighted by atomic mass is 9.91. The van der Waals surface area contributed by atoms with Gasteiger partial charge in [-0.2, -0.15) is 0 Å². The molecule has 0 spiro atoms. The number of hydrogen-bond acceptors (Lipinski definition) is 2. The van der Waals surface area contributed by atoms with E-state index >= 15 is 0 Å². The minimum absolute atomic E-state index is 0.128. The van der Waals surface area contributed by atoms with E-state index < -0.39 is 0 Å². The van der Waals surface area contributed by atoms with Crippen molar-refractivity contribution in [3.8, 4) is 0 Å². The third-order valence-corrected chi connectivity index (χ3v) is 7.75. The van der Waals surface area contributed by atoms with Crippen LogP contribution in [0.5, 0.6) is 0 Å². The summed E-state index contributed by atoms with van der Waals surface area (Å²) in [7, 11) is 0. The zero-order valence-corrected chi connectivity index (χ0v) is 24.3. The van der Waals surface area contributed by atoms with Crippen LogP contribution in [0.15, 0.2) is 0 Å². The smallest absolute Gasteiger partial charge is 0.309 e. The van der Waals surface area contributed by atoms with E-state index in [-0.39, 0.29) is 18.0 Å². The second-order valence-electron chi connectivity index (χ2n) is 11.0. The van der Waals surface area contributed by atoms with Crippen LogP contribution in [0.1, 0.15) is 182 Å². The summed E-state index contributed by atoms with van der Waals surface area (Å²) in [5, 5.41) is 0. The molecule has 0 heterocycles. The highest BCUT2D eigenvalue weighted by atomic mass is 16.5. The van der Waals surface area contributed by atoms with Crippen LogP contribution in [-0.2, 0) is 9.53 Å². The molecule has 0 aliphatic rings.